The molecule has 1 saturated heterocycles. The SMILES string of the molecule is CC(C)Cn1ncnc1CC1(O)CCS(=O)(=O)C1. The number of aromatic nitrogens is 3. The number of rotatable bonds is 4. The zero-order valence-electron chi connectivity index (χ0n) is 10.7. The molecule has 6 nitrogen and oxygen atoms in total. The Morgan fingerprint density at radius 2 is 2.28 bits per heavy atom. The van der Waals surface area contributed by atoms with Gasteiger partial charge in [-0.25, -0.2) is 18.1 Å². The Balaban J connectivity index is 2.13. The third-order valence-corrected chi connectivity index (χ3v) is 4.89. The van der Waals surface area contributed by atoms with E-state index in [0.717, 1.165) is 6.54 Å². The van der Waals surface area contributed by atoms with Gasteiger partial charge in [0, 0.05) is 13.0 Å². The number of aliphatic hydroxyl groups is 1. The predicted molar refractivity (Wildman–Crippen MR) is 66.8 cm³/mol. The zero-order valence-corrected chi connectivity index (χ0v) is 11.5. The van der Waals surface area contributed by atoms with Gasteiger partial charge in [-0.3, -0.25) is 0 Å². The van der Waals surface area contributed by atoms with E-state index in [-0.39, 0.29) is 24.3 Å². The summed E-state index contributed by atoms with van der Waals surface area (Å²) in [5, 5.41) is 14.4. The van der Waals surface area contributed by atoms with Crippen LogP contribution in [0.3, 0.4) is 0 Å². The van der Waals surface area contributed by atoms with Crippen molar-refractivity contribution in [3.63, 3.8) is 0 Å². The average molecular weight is 273 g/mol. The van der Waals surface area contributed by atoms with Crippen molar-refractivity contribution in [2.45, 2.75) is 38.8 Å². The van der Waals surface area contributed by atoms with Crippen LogP contribution in [-0.2, 0) is 22.8 Å². The Morgan fingerprint density at radius 1 is 1.56 bits per heavy atom. The fraction of sp³-hybridized carbons (Fsp3) is 0.818. The zero-order chi connectivity index (χ0) is 13.4. The lowest BCUT2D eigenvalue weighted by atomic mass is 9.99. The monoisotopic (exact) mass is 273 g/mol. The van der Waals surface area contributed by atoms with Crippen molar-refractivity contribution in [3.05, 3.63) is 12.2 Å². The topological polar surface area (TPSA) is 85.1 Å². The summed E-state index contributed by atoms with van der Waals surface area (Å²) < 4.78 is 24.6. The summed E-state index contributed by atoms with van der Waals surface area (Å²) in [7, 11) is -3.10. The molecule has 102 valence electrons. The van der Waals surface area contributed by atoms with Crippen LogP contribution >= 0.6 is 0 Å². The van der Waals surface area contributed by atoms with Crippen molar-refractivity contribution in [2.24, 2.45) is 5.92 Å². The molecular formula is C11H19N3O3S. The molecule has 0 aliphatic carbocycles. The highest BCUT2D eigenvalue weighted by atomic mass is 32.2. The van der Waals surface area contributed by atoms with Gasteiger partial charge in [0.05, 0.1) is 17.1 Å². The molecule has 1 aliphatic heterocycles. The maximum absolute atomic E-state index is 11.4. The predicted octanol–water partition coefficient (Wildman–Crippen LogP) is 0.0262. The van der Waals surface area contributed by atoms with Gasteiger partial charge in [-0.2, -0.15) is 5.10 Å². The van der Waals surface area contributed by atoms with Gasteiger partial charge in [-0.15, -0.1) is 0 Å². The van der Waals surface area contributed by atoms with Crippen LogP contribution in [0.5, 0.6) is 0 Å². The Labute approximate surface area is 107 Å². The molecule has 0 amide bonds. The second-order valence-electron chi connectivity index (χ2n) is 5.50. The highest BCUT2D eigenvalue weighted by Crippen LogP contribution is 2.26. The van der Waals surface area contributed by atoms with Crippen molar-refractivity contribution in [1.29, 1.82) is 0 Å². The molecule has 1 aromatic rings. The summed E-state index contributed by atoms with van der Waals surface area (Å²) >= 11 is 0. The number of hydrogen-bond donors (Lipinski definition) is 1. The van der Waals surface area contributed by atoms with Gasteiger partial charge >= 0.3 is 0 Å². The van der Waals surface area contributed by atoms with Crippen LogP contribution in [-0.4, -0.2) is 45.4 Å². The second-order valence-corrected chi connectivity index (χ2v) is 7.68. The summed E-state index contributed by atoms with van der Waals surface area (Å²) in [5.41, 5.74) is -1.18. The molecule has 1 atom stereocenters. The van der Waals surface area contributed by atoms with E-state index in [1.165, 1.54) is 6.33 Å². The molecule has 0 radical (unpaired) electrons. The van der Waals surface area contributed by atoms with E-state index >= 15 is 0 Å². The van der Waals surface area contributed by atoms with Gasteiger partial charge in [0.25, 0.3) is 0 Å². The molecule has 1 fully saturated rings. The van der Waals surface area contributed by atoms with Gasteiger partial charge < -0.3 is 5.11 Å². The first-order chi connectivity index (χ1) is 8.30. The molecule has 0 saturated carbocycles. The molecule has 1 aromatic heterocycles. The molecule has 0 spiro atoms. The molecule has 7 heteroatoms. The average Bonchev–Trinajstić information content (AvgIpc) is 2.72. The first-order valence-corrected chi connectivity index (χ1v) is 7.91. The van der Waals surface area contributed by atoms with Crippen molar-refractivity contribution >= 4 is 9.84 Å². The Hall–Kier alpha value is -0.950. The van der Waals surface area contributed by atoms with Crippen LogP contribution in [0.15, 0.2) is 6.33 Å². The van der Waals surface area contributed by atoms with Gasteiger partial charge in [0.2, 0.25) is 0 Å². The molecule has 2 heterocycles. The smallest absolute Gasteiger partial charge is 0.153 e. The second kappa shape index (κ2) is 4.62. The van der Waals surface area contributed by atoms with E-state index in [2.05, 4.69) is 23.9 Å². The third-order valence-electron chi connectivity index (χ3n) is 3.09. The first kappa shape index (κ1) is 13.5. The fourth-order valence-corrected chi connectivity index (χ4v) is 4.16. The van der Waals surface area contributed by atoms with Crippen molar-refractivity contribution in [2.75, 3.05) is 11.5 Å². The minimum atomic E-state index is -3.10. The summed E-state index contributed by atoms with van der Waals surface area (Å²) in [6, 6.07) is 0. The van der Waals surface area contributed by atoms with Crippen LogP contribution in [0.2, 0.25) is 0 Å². The van der Waals surface area contributed by atoms with Crippen LogP contribution < -0.4 is 0 Å². The van der Waals surface area contributed by atoms with E-state index in [4.69, 9.17) is 0 Å². The lowest BCUT2D eigenvalue weighted by Gasteiger charge is -2.20. The van der Waals surface area contributed by atoms with E-state index in [9.17, 15) is 13.5 Å². The Bertz CT molecular complexity index is 523. The molecule has 0 bridgehead atoms. The molecule has 0 aromatic carbocycles. The molecule has 1 unspecified atom stereocenters. The first-order valence-electron chi connectivity index (χ1n) is 6.09. The number of nitrogens with zero attached hydrogens (tertiary/aromatic N) is 3. The minimum Gasteiger partial charge on any atom is -0.388 e. The van der Waals surface area contributed by atoms with Crippen LogP contribution in [0.4, 0.5) is 0 Å². The summed E-state index contributed by atoms with van der Waals surface area (Å²) in [6.07, 6.45) is 1.98. The lowest BCUT2D eigenvalue weighted by molar-refractivity contribution is 0.0646. The van der Waals surface area contributed by atoms with Gasteiger partial charge in [0.15, 0.2) is 9.84 Å². The maximum Gasteiger partial charge on any atom is 0.153 e. The Morgan fingerprint density at radius 3 is 2.83 bits per heavy atom. The minimum absolute atomic E-state index is 0.0574. The largest absolute Gasteiger partial charge is 0.388 e. The molecule has 1 N–H and O–H groups in total. The Kier molecular flexibility index (Phi) is 3.46. The normalized spacial score (nSPS) is 26.9. The summed E-state index contributed by atoms with van der Waals surface area (Å²) in [5.74, 6) is 0.965. The van der Waals surface area contributed by atoms with Gasteiger partial charge in [0.1, 0.15) is 12.2 Å². The summed E-state index contributed by atoms with van der Waals surface area (Å²) in [6.45, 7) is 4.86. The third kappa shape index (κ3) is 3.08. The highest BCUT2D eigenvalue weighted by Gasteiger charge is 2.41. The van der Waals surface area contributed by atoms with E-state index < -0.39 is 15.4 Å². The van der Waals surface area contributed by atoms with Crippen LogP contribution in [0.1, 0.15) is 26.1 Å². The molecule has 2 rings (SSSR count). The molecule has 18 heavy (non-hydrogen) atoms. The van der Waals surface area contributed by atoms with E-state index in [1.807, 2.05) is 0 Å². The van der Waals surface area contributed by atoms with Gasteiger partial charge in [-0.05, 0) is 12.3 Å². The fourth-order valence-electron chi connectivity index (χ4n) is 2.26. The van der Waals surface area contributed by atoms with Crippen molar-refractivity contribution in [1.82, 2.24) is 14.8 Å². The lowest BCUT2D eigenvalue weighted by Crippen LogP contribution is -2.34. The molecular weight excluding hydrogens is 254 g/mol. The van der Waals surface area contributed by atoms with E-state index in [1.54, 1.807) is 4.68 Å². The maximum atomic E-state index is 11.4. The number of hydrogen-bond acceptors (Lipinski definition) is 5. The van der Waals surface area contributed by atoms with Crippen LogP contribution in [0, 0.1) is 5.92 Å². The van der Waals surface area contributed by atoms with Crippen molar-refractivity contribution < 1.29 is 13.5 Å². The molecule has 1 aliphatic rings. The quantitative estimate of drug-likeness (QED) is 0.836. The highest BCUT2D eigenvalue weighted by molar-refractivity contribution is 7.91. The van der Waals surface area contributed by atoms with Gasteiger partial charge in [-0.1, -0.05) is 13.8 Å². The van der Waals surface area contributed by atoms with Crippen LogP contribution in [0.25, 0.3) is 0 Å². The van der Waals surface area contributed by atoms with E-state index in [0.29, 0.717) is 11.7 Å². The summed E-state index contributed by atoms with van der Waals surface area (Å²) in [4.78, 5) is 4.12. The number of sulfone groups is 1. The van der Waals surface area contributed by atoms with Crippen molar-refractivity contribution in [3.8, 4) is 0 Å². The standard InChI is InChI=1S/C11H19N3O3S/c1-9(2)6-14-10(12-8-13-14)5-11(15)3-4-18(16,17)7-11/h8-9,15H,3-7H2,1-2H3.